The lowest BCUT2D eigenvalue weighted by Crippen LogP contribution is -2.50. The molecule has 1 aliphatic heterocycles. The fourth-order valence-electron chi connectivity index (χ4n) is 4.33. The van der Waals surface area contributed by atoms with E-state index in [0.29, 0.717) is 23.9 Å². The zero-order valence-electron chi connectivity index (χ0n) is 15.6. The molecule has 1 saturated carbocycles. The highest BCUT2D eigenvalue weighted by Crippen LogP contribution is 2.35. The first-order valence-electron chi connectivity index (χ1n) is 9.64. The molecule has 2 N–H and O–H groups in total. The van der Waals surface area contributed by atoms with Gasteiger partial charge in [-0.3, -0.25) is 4.79 Å². The number of carbonyl (C=O) groups excluding carboxylic acids is 1. The summed E-state index contributed by atoms with van der Waals surface area (Å²) in [4.78, 5) is 12.5. The van der Waals surface area contributed by atoms with Crippen LogP contribution in [0.25, 0.3) is 11.1 Å². The zero-order valence-corrected chi connectivity index (χ0v) is 15.6. The summed E-state index contributed by atoms with van der Waals surface area (Å²) in [6.45, 7) is 0. The Morgan fingerprint density at radius 2 is 1.83 bits per heavy atom. The Balaban J connectivity index is 1.41. The molecule has 1 aliphatic carbocycles. The quantitative estimate of drug-likeness (QED) is 0.757. The number of benzene rings is 2. The van der Waals surface area contributed by atoms with Crippen molar-refractivity contribution in [2.75, 3.05) is 0 Å². The molecule has 0 spiro atoms. The monoisotopic (exact) mass is 399 g/mol. The van der Waals surface area contributed by atoms with Crippen LogP contribution in [0.2, 0.25) is 0 Å². The van der Waals surface area contributed by atoms with Crippen LogP contribution in [0.1, 0.15) is 24.8 Å². The first-order valence-corrected chi connectivity index (χ1v) is 9.64. The molecule has 7 heteroatoms. The normalized spacial score (nSPS) is 23.6. The first kappa shape index (κ1) is 19.5. The molecule has 2 bridgehead atoms. The highest BCUT2D eigenvalue weighted by atomic mass is 19.2. The Bertz CT molecular complexity index is 947. The zero-order chi connectivity index (χ0) is 20.5. The summed E-state index contributed by atoms with van der Waals surface area (Å²) < 4.78 is 40.0. The molecule has 0 aromatic heterocycles. The highest BCUT2D eigenvalue weighted by molar-refractivity contribution is 5.83. The van der Waals surface area contributed by atoms with Gasteiger partial charge in [-0.1, -0.05) is 24.3 Å². The first-order chi connectivity index (χ1) is 13.9. The molecule has 2 aliphatic rings. The van der Waals surface area contributed by atoms with Crippen molar-refractivity contribution in [3.05, 3.63) is 59.4 Å². The van der Waals surface area contributed by atoms with Crippen LogP contribution in [0, 0.1) is 34.7 Å². The number of halogens is 3. The third-order valence-corrected chi connectivity index (χ3v) is 5.83. The van der Waals surface area contributed by atoms with Gasteiger partial charge < -0.3 is 10.6 Å². The van der Waals surface area contributed by atoms with E-state index < -0.39 is 23.5 Å². The Kier molecular flexibility index (Phi) is 5.29. The molecule has 0 radical (unpaired) electrons. The summed E-state index contributed by atoms with van der Waals surface area (Å²) in [5.74, 6) is -3.79. The Hall–Kier alpha value is -2.85. The molecule has 2 aromatic carbocycles. The fraction of sp³-hybridized carbons (Fsp3) is 0.364. The van der Waals surface area contributed by atoms with E-state index in [1.54, 1.807) is 24.3 Å². The maximum atomic E-state index is 13.4. The van der Waals surface area contributed by atoms with Gasteiger partial charge in [-0.15, -0.1) is 0 Å². The van der Waals surface area contributed by atoms with Gasteiger partial charge in [-0.05, 0) is 54.0 Å². The van der Waals surface area contributed by atoms with Gasteiger partial charge in [0.2, 0.25) is 5.91 Å². The van der Waals surface area contributed by atoms with Gasteiger partial charge in [0.1, 0.15) is 6.04 Å². The number of hydrogen-bond acceptors (Lipinski definition) is 3. The lowest BCUT2D eigenvalue weighted by atomic mass is 9.98. The van der Waals surface area contributed by atoms with E-state index in [9.17, 15) is 23.2 Å². The average Bonchev–Trinajstić information content (AvgIpc) is 3.35. The summed E-state index contributed by atoms with van der Waals surface area (Å²) in [5, 5.41) is 15.5. The predicted octanol–water partition coefficient (Wildman–Crippen LogP) is 3.46. The molecule has 1 saturated heterocycles. The van der Waals surface area contributed by atoms with Crippen LogP contribution in [0.4, 0.5) is 13.2 Å². The van der Waals surface area contributed by atoms with Crippen LogP contribution in [-0.2, 0) is 11.2 Å². The lowest BCUT2D eigenvalue weighted by Gasteiger charge is -2.23. The van der Waals surface area contributed by atoms with Crippen LogP contribution < -0.4 is 10.6 Å². The number of rotatable bonds is 5. The van der Waals surface area contributed by atoms with Crippen molar-refractivity contribution < 1.29 is 18.0 Å². The Morgan fingerprint density at radius 3 is 2.38 bits per heavy atom. The number of piperidine rings is 1. The number of nitrogens with zero attached hydrogens (tertiary/aromatic N) is 1. The van der Waals surface area contributed by atoms with Crippen LogP contribution in [0.5, 0.6) is 0 Å². The topological polar surface area (TPSA) is 64.9 Å². The van der Waals surface area contributed by atoms with Crippen molar-refractivity contribution in [2.45, 2.75) is 43.8 Å². The Morgan fingerprint density at radius 1 is 1.14 bits per heavy atom. The van der Waals surface area contributed by atoms with E-state index in [1.807, 2.05) is 0 Å². The summed E-state index contributed by atoms with van der Waals surface area (Å²) >= 11 is 0. The molecule has 4 rings (SSSR count). The second kappa shape index (κ2) is 7.88. The molecule has 1 amide bonds. The summed E-state index contributed by atoms with van der Waals surface area (Å²) in [5.41, 5.74) is 1.54. The van der Waals surface area contributed by atoms with E-state index in [0.717, 1.165) is 37.0 Å². The van der Waals surface area contributed by atoms with Gasteiger partial charge in [0.25, 0.3) is 0 Å². The average molecular weight is 399 g/mol. The smallest absolute Gasteiger partial charge is 0.238 e. The van der Waals surface area contributed by atoms with E-state index in [2.05, 4.69) is 16.7 Å². The molecule has 29 heavy (non-hydrogen) atoms. The van der Waals surface area contributed by atoms with Gasteiger partial charge in [-0.25, -0.2) is 13.2 Å². The second-order valence-electron chi connectivity index (χ2n) is 7.76. The van der Waals surface area contributed by atoms with Gasteiger partial charge in [0.15, 0.2) is 17.5 Å². The van der Waals surface area contributed by atoms with Crippen LogP contribution in [-0.4, -0.2) is 24.0 Å². The summed E-state index contributed by atoms with van der Waals surface area (Å²) in [6, 6.07) is 10.2. The number of carbonyl (C=O) groups is 1. The van der Waals surface area contributed by atoms with Crippen LogP contribution in [0.3, 0.4) is 0 Å². The minimum Gasteiger partial charge on any atom is -0.339 e. The molecule has 4 nitrogen and oxygen atoms in total. The maximum Gasteiger partial charge on any atom is 0.238 e. The standard InChI is InChI=1S/C22H20F3N3O/c23-18-9-15(10-19(24)20(18)25)13-3-1-12(2-4-13)7-17(11-26)28-22(29)21-14-5-6-16(8-14)27-21/h1-4,9-10,14,16-17,21,27H,5-8H2,(H,28,29)/t14-,16+,17-,21-/m0/s1. The molecule has 150 valence electrons. The van der Waals surface area contributed by atoms with E-state index in [-0.39, 0.29) is 17.5 Å². The third kappa shape index (κ3) is 3.99. The fourth-order valence-corrected chi connectivity index (χ4v) is 4.33. The molecular weight excluding hydrogens is 379 g/mol. The van der Waals surface area contributed by atoms with Crippen LogP contribution >= 0.6 is 0 Å². The van der Waals surface area contributed by atoms with Crippen molar-refractivity contribution >= 4 is 5.91 Å². The molecule has 1 heterocycles. The number of fused-ring (bicyclic) bond motifs is 2. The molecule has 2 aromatic rings. The van der Waals surface area contributed by atoms with E-state index in [1.165, 1.54) is 0 Å². The predicted molar refractivity (Wildman–Crippen MR) is 101 cm³/mol. The summed E-state index contributed by atoms with van der Waals surface area (Å²) in [7, 11) is 0. The van der Waals surface area contributed by atoms with Crippen molar-refractivity contribution in [2.24, 2.45) is 5.92 Å². The van der Waals surface area contributed by atoms with Gasteiger partial charge in [0.05, 0.1) is 12.1 Å². The van der Waals surface area contributed by atoms with Crippen molar-refractivity contribution in [1.82, 2.24) is 10.6 Å². The molecule has 2 fully saturated rings. The van der Waals surface area contributed by atoms with E-state index >= 15 is 0 Å². The number of nitrogens with one attached hydrogen (secondary N) is 2. The maximum absolute atomic E-state index is 13.4. The number of nitriles is 1. The molecule has 0 unspecified atom stereocenters. The SMILES string of the molecule is N#C[C@H](Cc1ccc(-c2cc(F)c(F)c(F)c2)cc1)NC(=O)[C@H]1N[C@@H]2CC[C@H]1C2. The highest BCUT2D eigenvalue weighted by Gasteiger charge is 2.43. The van der Waals surface area contributed by atoms with Crippen LogP contribution in [0.15, 0.2) is 36.4 Å². The van der Waals surface area contributed by atoms with Crippen molar-refractivity contribution in [3.63, 3.8) is 0 Å². The van der Waals surface area contributed by atoms with Gasteiger partial charge in [-0.2, -0.15) is 5.26 Å². The minimum atomic E-state index is -1.50. The van der Waals surface area contributed by atoms with E-state index in [4.69, 9.17) is 0 Å². The lowest BCUT2D eigenvalue weighted by molar-refractivity contribution is -0.124. The minimum absolute atomic E-state index is 0.141. The molecule has 4 atom stereocenters. The largest absolute Gasteiger partial charge is 0.339 e. The second-order valence-corrected chi connectivity index (χ2v) is 7.76. The Labute approximate surface area is 166 Å². The van der Waals surface area contributed by atoms with Gasteiger partial charge in [0, 0.05) is 12.5 Å². The van der Waals surface area contributed by atoms with Crippen molar-refractivity contribution in [3.8, 4) is 17.2 Å². The van der Waals surface area contributed by atoms with Gasteiger partial charge >= 0.3 is 0 Å². The number of amides is 1. The van der Waals surface area contributed by atoms with Crippen molar-refractivity contribution in [1.29, 1.82) is 5.26 Å². The molecular formula is C22H20F3N3O. The number of hydrogen-bond donors (Lipinski definition) is 2. The summed E-state index contributed by atoms with van der Waals surface area (Å²) in [6.07, 6.45) is 3.47. The third-order valence-electron chi connectivity index (χ3n) is 5.83.